The smallest absolute Gasteiger partial charge is 0.158 e. The summed E-state index contributed by atoms with van der Waals surface area (Å²) in [5.74, 6) is 0.249. The lowest BCUT2D eigenvalue weighted by Crippen LogP contribution is -2.40. The van der Waals surface area contributed by atoms with Gasteiger partial charge in [0, 0.05) is 7.11 Å². The van der Waals surface area contributed by atoms with Gasteiger partial charge in [0.05, 0.1) is 7.11 Å². The Bertz CT molecular complexity index is 256. The van der Waals surface area contributed by atoms with Crippen molar-refractivity contribution in [3.05, 3.63) is 23.7 Å². The molecule has 0 aromatic rings. The van der Waals surface area contributed by atoms with Crippen LogP contribution in [-0.2, 0) is 9.47 Å². The van der Waals surface area contributed by atoms with E-state index in [0.29, 0.717) is 0 Å². The average molecular weight is 186 g/mol. The maximum Gasteiger partial charge on any atom is 0.158 e. The Morgan fingerprint density at radius 1 is 1.46 bits per heavy atom. The molecule has 2 unspecified atom stereocenters. The van der Waals surface area contributed by atoms with Gasteiger partial charge in [0.1, 0.15) is 11.7 Å². The fourth-order valence-corrected chi connectivity index (χ4v) is 1.17. The Hall–Kier alpha value is -1.00. The first-order valence-electron chi connectivity index (χ1n) is 3.94. The molecule has 1 aliphatic rings. The van der Waals surface area contributed by atoms with Crippen LogP contribution in [0.15, 0.2) is 23.7 Å². The first-order valence-corrected chi connectivity index (χ1v) is 3.94. The molecule has 0 radical (unpaired) electrons. The molecule has 0 fully saturated rings. The van der Waals surface area contributed by atoms with E-state index in [2.05, 4.69) is 0 Å². The fraction of sp³-hybridized carbons (Fsp3) is 0.556. The van der Waals surface area contributed by atoms with Gasteiger partial charge in [0.25, 0.3) is 0 Å². The SMILES string of the molecule is COC1=CC(O)C(C)(OC)C=C1O. The molecular weight excluding hydrogens is 172 g/mol. The van der Waals surface area contributed by atoms with E-state index in [9.17, 15) is 10.2 Å². The molecular formula is C9H14O4. The normalized spacial score (nSPS) is 33.7. The van der Waals surface area contributed by atoms with Gasteiger partial charge in [-0.15, -0.1) is 0 Å². The number of rotatable bonds is 2. The Labute approximate surface area is 77.1 Å². The van der Waals surface area contributed by atoms with Gasteiger partial charge in [0.2, 0.25) is 0 Å². The minimum atomic E-state index is -0.883. The van der Waals surface area contributed by atoms with Crippen LogP contribution < -0.4 is 0 Å². The van der Waals surface area contributed by atoms with Crippen LogP contribution in [0.2, 0.25) is 0 Å². The lowest BCUT2D eigenvalue weighted by Gasteiger charge is -2.31. The van der Waals surface area contributed by atoms with Crippen molar-refractivity contribution in [3.8, 4) is 0 Å². The molecule has 2 atom stereocenters. The molecule has 2 N–H and O–H groups in total. The number of aliphatic hydroxyl groups is 2. The standard InChI is InChI=1S/C9H14O4/c1-9(13-3)5-6(10)7(12-2)4-8(9)11/h4-5,8,10-11H,1-3H3. The number of ether oxygens (including phenoxy) is 2. The number of hydrogen-bond acceptors (Lipinski definition) is 4. The van der Waals surface area contributed by atoms with Crippen LogP contribution in [0.5, 0.6) is 0 Å². The minimum Gasteiger partial charge on any atom is -0.504 e. The van der Waals surface area contributed by atoms with Crippen molar-refractivity contribution in [2.75, 3.05) is 14.2 Å². The van der Waals surface area contributed by atoms with Gasteiger partial charge in [-0.3, -0.25) is 0 Å². The van der Waals surface area contributed by atoms with Gasteiger partial charge >= 0.3 is 0 Å². The van der Waals surface area contributed by atoms with Crippen LogP contribution in [0.3, 0.4) is 0 Å². The Balaban J connectivity index is 2.97. The molecule has 0 spiro atoms. The van der Waals surface area contributed by atoms with Gasteiger partial charge in [0.15, 0.2) is 11.5 Å². The molecule has 4 nitrogen and oxygen atoms in total. The molecule has 0 bridgehead atoms. The second-order valence-corrected chi connectivity index (χ2v) is 3.10. The van der Waals surface area contributed by atoms with Crippen molar-refractivity contribution in [1.82, 2.24) is 0 Å². The molecule has 0 aromatic heterocycles. The summed E-state index contributed by atoms with van der Waals surface area (Å²) in [5.41, 5.74) is -0.883. The maximum atomic E-state index is 9.61. The van der Waals surface area contributed by atoms with Gasteiger partial charge in [-0.05, 0) is 19.1 Å². The predicted octanol–water partition coefficient (Wildman–Crippen LogP) is 0.738. The van der Waals surface area contributed by atoms with Crippen molar-refractivity contribution in [2.24, 2.45) is 0 Å². The second kappa shape index (κ2) is 3.40. The third kappa shape index (κ3) is 1.68. The van der Waals surface area contributed by atoms with E-state index in [1.807, 2.05) is 0 Å². The summed E-state index contributed by atoms with van der Waals surface area (Å²) in [6, 6.07) is 0. The van der Waals surface area contributed by atoms with Crippen molar-refractivity contribution in [1.29, 1.82) is 0 Å². The van der Waals surface area contributed by atoms with Crippen LogP contribution in [0.25, 0.3) is 0 Å². The number of methoxy groups -OCH3 is 2. The summed E-state index contributed by atoms with van der Waals surface area (Å²) in [7, 11) is 2.90. The molecule has 0 heterocycles. The molecule has 0 aromatic carbocycles. The third-order valence-corrected chi connectivity index (χ3v) is 2.23. The average Bonchev–Trinajstić information content (AvgIpc) is 2.11. The summed E-state index contributed by atoms with van der Waals surface area (Å²) in [5, 5.41) is 19.0. The minimum absolute atomic E-state index is 0.0165. The van der Waals surface area contributed by atoms with Gasteiger partial charge < -0.3 is 19.7 Å². The molecule has 0 amide bonds. The van der Waals surface area contributed by atoms with E-state index < -0.39 is 11.7 Å². The summed E-state index contributed by atoms with van der Waals surface area (Å²) in [6.45, 7) is 1.68. The monoisotopic (exact) mass is 186 g/mol. The topological polar surface area (TPSA) is 58.9 Å². The number of hydrogen-bond donors (Lipinski definition) is 2. The van der Waals surface area contributed by atoms with Gasteiger partial charge in [-0.2, -0.15) is 0 Å². The molecule has 0 aliphatic heterocycles. The quantitative estimate of drug-likeness (QED) is 0.667. The number of aliphatic hydroxyl groups excluding tert-OH is 2. The van der Waals surface area contributed by atoms with Crippen LogP contribution in [0.1, 0.15) is 6.92 Å². The second-order valence-electron chi connectivity index (χ2n) is 3.10. The zero-order valence-corrected chi connectivity index (χ0v) is 7.94. The summed E-state index contributed by atoms with van der Waals surface area (Å²) in [6.07, 6.45) is 2.03. The van der Waals surface area contributed by atoms with Gasteiger partial charge in [-0.1, -0.05) is 0 Å². The molecule has 0 saturated carbocycles. The van der Waals surface area contributed by atoms with Crippen LogP contribution in [0, 0.1) is 0 Å². The van der Waals surface area contributed by atoms with Crippen molar-refractivity contribution < 1.29 is 19.7 Å². The summed E-state index contributed by atoms with van der Waals surface area (Å²) < 4.78 is 9.91. The van der Waals surface area contributed by atoms with Crippen molar-refractivity contribution in [2.45, 2.75) is 18.6 Å². The van der Waals surface area contributed by atoms with E-state index in [-0.39, 0.29) is 11.5 Å². The maximum absolute atomic E-state index is 9.61. The van der Waals surface area contributed by atoms with Crippen LogP contribution in [-0.4, -0.2) is 36.1 Å². The molecule has 74 valence electrons. The van der Waals surface area contributed by atoms with Crippen molar-refractivity contribution in [3.63, 3.8) is 0 Å². The van der Waals surface area contributed by atoms with E-state index in [4.69, 9.17) is 9.47 Å². The zero-order chi connectivity index (χ0) is 10.1. The first kappa shape index (κ1) is 10.1. The van der Waals surface area contributed by atoms with Crippen LogP contribution in [0.4, 0.5) is 0 Å². The highest BCUT2D eigenvalue weighted by Crippen LogP contribution is 2.27. The van der Waals surface area contributed by atoms with E-state index in [1.54, 1.807) is 6.92 Å². The van der Waals surface area contributed by atoms with E-state index >= 15 is 0 Å². The summed E-state index contributed by atoms with van der Waals surface area (Å²) in [4.78, 5) is 0. The molecule has 0 saturated heterocycles. The highest BCUT2D eigenvalue weighted by molar-refractivity contribution is 5.31. The lowest BCUT2D eigenvalue weighted by molar-refractivity contribution is -0.0413. The predicted molar refractivity (Wildman–Crippen MR) is 47.2 cm³/mol. The fourth-order valence-electron chi connectivity index (χ4n) is 1.17. The Morgan fingerprint density at radius 2 is 2.08 bits per heavy atom. The zero-order valence-electron chi connectivity index (χ0n) is 7.94. The third-order valence-electron chi connectivity index (χ3n) is 2.23. The highest BCUT2D eigenvalue weighted by Gasteiger charge is 2.34. The summed E-state index contributed by atoms with van der Waals surface area (Å²) >= 11 is 0. The highest BCUT2D eigenvalue weighted by atomic mass is 16.5. The van der Waals surface area contributed by atoms with Crippen LogP contribution >= 0.6 is 0 Å². The van der Waals surface area contributed by atoms with E-state index in [0.717, 1.165) is 0 Å². The van der Waals surface area contributed by atoms with E-state index in [1.165, 1.54) is 26.4 Å². The lowest BCUT2D eigenvalue weighted by atomic mass is 9.92. The molecule has 4 heteroatoms. The molecule has 1 rings (SSSR count). The van der Waals surface area contributed by atoms with Gasteiger partial charge in [-0.25, -0.2) is 0 Å². The largest absolute Gasteiger partial charge is 0.504 e. The first-order chi connectivity index (χ1) is 6.03. The Kier molecular flexibility index (Phi) is 2.63. The molecule has 1 aliphatic carbocycles. The van der Waals surface area contributed by atoms with Crippen molar-refractivity contribution >= 4 is 0 Å². The Morgan fingerprint density at radius 3 is 2.54 bits per heavy atom. The molecule has 13 heavy (non-hydrogen) atoms.